The van der Waals surface area contributed by atoms with E-state index in [0.29, 0.717) is 31.8 Å². The van der Waals surface area contributed by atoms with Gasteiger partial charge >= 0.3 is 5.97 Å². The Morgan fingerprint density at radius 2 is 2.15 bits per heavy atom. The molecular weight excluding hydrogens is 332 g/mol. The van der Waals surface area contributed by atoms with Crippen molar-refractivity contribution in [1.29, 1.82) is 0 Å². The zero-order valence-corrected chi connectivity index (χ0v) is 15.7. The first kappa shape index (κ1) is 18.1. The summed E-state index contributed by atoms with van der Waals surface area (Å²) in [5, 5.41) is 12.0. The fraction of sp³-hybridized carbons (Fsp3) is 0.474. The molecule has 0 saturated carbocycles. The van der Waals surface area contributed by atoms with Crippen LogP contribution in [-0.2, 0) is 16.1 Å². The van der Waals surface area contributed by atoms with Crippen LogP contribution in [0.4, 0.5) is 0 Å². The summed E-state index contributed by atoms with van der Waals surface area (Å²) >= 11 is 0. The molecule has 0 N–H and O–H groups in total. The second kappa shape index (κ2) is 7.27. The van der Waals surface area contributed by atoms with Gasteiger partial charge < -0.3 is 9.47 Å². The van der Waals surface area contributed by atoms with E-state index in [1.54, 1.807) is 11.6 Å². The van der Waals surface area contributed by atoms with Gasteiger partial charge in [-0.15, -0.1) is 5.10 Å². The fourth-order valence-corrected chi connectivity index (χ4v) is 2.82. The van der Waals surface area contributed by atoms with Gasteiger partial charge in [0.15, 0.2) is 5.82 Å². The van der Waals surface area contributed by atoms with Crippen LogP contribution in [0.5, 0.6) is 5.75 Å². The molecule has 1 aromatic carbocycles. The lowest BCUT2D eigenvalue weighted by atomic mass is 9.93. The Hall–Kier alpha value is -2.70. The summed E-state index contributed by atoms with van der Waals surface area (Å²) < 4.78 is 12.7. The van der Waals surface area contributed by atoms with Gasteiger partial charge in [0, 0.05) is 24.1 Å². The predicted molar refractivity (Wildman–Crippen MR) is 97.5 cm³/mol. The number of benzene rings is 1. The van der Waals surface area contributed by atoms with Crippen LogP contribution in [0.1, 0.15) is 46.1 Å². The Labute approximate surface area is 153 Å². The van der Waals surface area contributed by atoms with Gasteiger partial charge in [-0.1, -0.05) is 0 Å². The summed E-state index contributed by atoms with van der Waals surface area (Å²) in [4.78, 5) is 11.5. The number of aryl methyl sites for hydroxylation is 1. The van der Waals surface area contributed by atoms with Crippen LogP contribution in [0, 0.1) is 0 Å². The molecule has 3 rings (SSSR count). The maximum atomic E-state index is 11.5. The highest BCUT2D eigenvalue weighted by atomic mass is 16.5. The van der Waals surface area contributed by atoms with Gasteiger partial charge in [-0.25, -0.2) is 4.68 Å². The van der Waals surface area contributed by atoms with Crippen LogP contribution in [0.2, 0.25) is 0 Å². The van der Waals surface area contributed by atoms with Crippen molar-refractivity contribution in [1.82, 2.24) is 20.2 Å². The molecule has 1 aliphatic rings. The van der Waals surface area contributed by atoms with E-state index < -0.39 is 0 Å². The summed E-state index contributed by atoms with van der Waals surface area (Å²) in [5.74, 6) is 1.33. The van der Waals surface area contributed by atoms with Crippen LogP contribution in [0.3, 0.4) is 0 Å². The van der Waals surface area contributed by atoms with Crippen LogP contribution in [0.15, 0.2) is 23.8 Å². The molecule has 0 aliphatic carbocycles. The summed E-state index contributed by atoms with van der Waals surface area (Å²) in [6.45, 7) is 8.93. The average Bonchev–Trinajstić information content (AvgIpc) is 3.04. The van der Waals surface area contributed by atoms with Crippen molar-refractivity contribution in [2.45, 2.75) is 52.7 Å². The number of carbonyl (C=O) groups excluding carboxylic acids is 1. The van der Waals surface area contributed by atoms with Crippen LogP contribution in [0.25, 0.3) is 17.5 Å². The molecule has 1 aliphatic heterocycles. The molecule has 7 nitrogen and oxygen atoms in total. The molecule has 2 heterocycles. The van der Waals surface area contributed by atoms with Crippen LogP contribution < -0.4 is 4.74 Å². The average molecular weight is 356 g/mol. The minimum atomic E-state index is -0.302. The van der Waals surface area contributed by atoms with Crippen molar-refractivity contribution in [3.05, 3.63) is 29.3 Å². The van der Waals surface area contributed by atoms with Gasteiger partial charge in [-0.3, -0.25) is 4.79 Å². The smallest absolute Gasteiger partial charge is 0.305 e. The van der Waals surface area contributed by atoms with E-state index in [-0.39, 0.29) is 11.6 Å². The van der Waals surface area contributed by atoms with E-state index >= 15 is 0 Å². The topological polar surface area (TPSA) is 79.1 Å². The predicted octanol–water partition coefficient (Wildman–Crippen LogP) is 3.26. The number of nitrogens with zero attached hydrogens (tertiary/aromatic N) is 4. The van der Waals surface area contributed by atoms with E-state index in [1.807, 2.05) is 18.2 Å². The third-order valence-corrected chi connectivity index (χ3v) is 4.54. The second-order valence-corrected chi connectivity index (χ2v) is 6.83. The molecule has 0 saturated heterocycles. The van der Waals surface area contributed by atoms with E-state index in [1.165, 1.54) is 0 Å². The highest BCUT2D eigenvalue weighted by molar-refractivity contribution is 5.70. The summed E-state index contributed by atoms with van der Waals surface area (Å²) in [6, 6.07) is 5.94. The minimum Gasteiger partial charge on any atom is -0.483 e. The van der Waals surface area contributed by atoms with Crippen molar-refractivity contribution >= 4 is 12.0 Å². The minimum absolute atomic E-state index is 0.198. The summed E-state index contributed by atoms with van der Waals surface area (Å²) in [6.07, 6.45) is 3.11. The molecule has 26 heavy (non-hydrogen) atoms. The zero-order chi connectivity index (χ0) is 18.7. The van der Waals surface area contributed by atoms with E-state index in [2.05, 4.69) is 42.4 Å². The van der Waals surface area contributed by atoms with Gasteiger partial charge in [-0.05, 0) is 74.4 Å². The van der Waals surface area contributed by atoms with Crippen molar-refractivity contribution in [2.75, 3.05) is 6.61 Å². The molecule has 0 atom stereocenters. The third-order valence-electron chi connectivity index (χ3n) is 4.54. The van der Waals surface area contributed by atoms with Gasteiger partial charge in [0.2, 0.25) is 0 Å². The van der Waals surface area contributed by atoms with Crippen LogP contribution in [-0.4, -0.2) is 38.4 Å². The van der Waals surface area contributed by atoms with Gasteiger partial charge in [0.25, 0.3) is 0 Å². The molecular formula is C19H24N4O3. The summed E-state index contributed by atoms with van der Waals surface area (Å²) in [5.41, 5.74) is 2.79. The van der Waals surface area contributed by atoms with E-state index in [4.69, 9.17) is 9.47 Å². The lowest BCUT2D eigenvalue weighted by Crippen LogP contribution is -2.31. The molecule has 1 aromatic heterocycles. The normalized spacial score (nSPS) is 15.0. The molecule has 2 aromatic rings. The largest absolute Gasteiger partial charge is 0.483 e. The number of ether oxygens (including phenoxy) is 2. The monoisotopic (exact) mass is 356 g/mol. The maximum absolute atomic E-state index is 11.5. The van der Waals surface area contributed by atoms with Crippen molar-refractivity contribution in [2.24, 2.45) is 0 Å². The third kappa shape index (κ3) is 3.76. The van der Waals surface area contributed by atoms with Crippen molar-refractivity contribution in [3.8, 4) is 17.1 Å². The highest BCUT2D eigenvalue weighted by Gasteiger charge is 2.27. The lowest BCUT2D eigenvalue weighted by molar-refractivity contribution is -0.143. The molecule has 138 valence electrons. The molecule has 0 fully saturated rings. The highest BCUT2D eigenvalue weighted by Crippen LogP contribution is 2.37. The SMILES string of the molecule is CCOC(=O)CCCn1nnnc1-c1ccc2c(c1)C=C(C)C(C)(C)O2. The molecule has 0 unspecified atom stereocenters. The van der Waals surface area contributed by atoms with Gasteiger partial charge in [0.1, 0.15) is 11.4 Å². The number of aromatic nitrogens is 4. The number of carbonyl (C=O) groups is 1. The Morgan fingerprint density at radius 3 is 2.92 bits per heavy atom. The Kier molecular flexibility index (Phi) is 5.06. The molecule has 7 heteroatoms. The number of rotatable bonds is 6. The van der Waals surface area contributed by atoms with Gasteiger partial charge in [0.05, 0.1) is 6.61 Å². The number of hydrogen-bond donors (Lipinski definition) is 0. The number of hydrogen-bond acceptors (Lipinski definition) is 6. The number of esters is 1. The molecule has 0 spiro atoms. The maximum Gasteiger partial charge on any atom is 0.305 e. The molecule has 0 amide bonds. The molecule has 0 bridgehead atoms. The zero-order valence-electron chi connectivity index (χ0n) is 15.7. The second-order valence-electron chi connectivity index (χ2n) is 6.83. The van der Waals surface area contributed by atoms with E-state index in [0.717, 1.165) is 22.4 Å². The first-order valence-corrected chi connectivity index (χ1v) is 8.84. The van der Waals surface area contributed by atoms with Gasteiger partial charge in [-0.2, -0.15) is 0 Å². The quantitative estimate of drug-likeness (QED) is 0.739. The van der Waals surface area contributed by atoms with E-state index in [9.17, 15) is 4.79 Å². The fourth-order valence-electron chi connectivity index (χ4n) is 2.82. The molecule has 0 radical (unpaired) electrons. The Morgan fingerprint density at radius 1 is 1.35 bits per heavy atom. The summed E-state index contributed by atoms with van der Waals surface area (Å²) in [7, 11) is 0. The van der Waals surface area contributed by atoms with Crippen molar-refractivity contribution < 1.29 is 14.3 Å². The number of tetrazole rings is 1. The first-order chi connectivity index (χ1) is 12.4. The van der Waals surface area contributed by atoms with Crippen LogP contribution >= 0.6 is 0 Å². The Balaban J connectivity index is 1.77. The lowest BCUT2D eigenvalue weighted by Gasteiger charge is -2.32. The standard InChI is InChI=1S/C19H24N4O3/c1-5-25-17(24)7-6-10-23-18(20-21-22-23)14-8-9-16-15(12-14)11-13(2)19(3,4)26-16/h8-9,11-12H,5-7,10H2,1-4H3. The van der Waals surface area contributed by atoms with Crippen molar-refractivity contribution in [3.63, 3.8) is 0 Å². The first-order valence-electron chi connectivity index (χ1n) is 8.84. The Bertz CT molecular complexity index is 839. The number of fused-ring (bicyclic) bond motifs is 1.